The molecule has 74 valence electrons. The molecule has 0 saturated heterocycles. The van der Waals surface area contributed by atoms with Gasteiger partial charge in [-0.15, -0.1) is 0 Å². The van der Waals surface area contributed by atoms with Crippen LogP contribution < -0.4 is 4.74 Å². The summed E-state index contributed by atoms with van der Waals surface area (Å²) in [5.74, 6) is 0.944. The van der Waals surface area contributed by atoms with E-state index in [0.717, 1.165) is 30.6 Å². The van der Waals surface area contributed by atoms with Crippen molar-refractivity contribution in [2.45, 2.75) is 37.9 Å². The first-order valence-electron chi connectivity index (χ1n) is 5.20. The van der Waals surface area contributed by atoms with Crippen molar-refractivity contribution in [3.05, 3.63) is 29.3 Å². The molecule has 1 aliphatic heterocycles. The minimum atomic E-state index is -0.574. The molecule has 1 aromatic rings. The Hall–Kier alpha value is -1.02. The van der Waals surface area contributed by atoms with Gasteiger partial charge in [0.2, 0.25) is 0 Å². The van der Waals surface area contributed by atoms with Crippen molar-refractivity contribution in [1.82, 2.24) is 0 Å². The fourth-order valence-corrected chi connectivity index (χ4v) is 2.19. The predicted molar refractivity (Wildman–Crippen MR) is 53.4 cm³/mol. The summed E-state index contributed by atoms with van der Waals surface area (Å²) in [7, 11) is 0. The molecule has 2 heteroatoms. The zero-order chi connectivity index (χ0) is 9.76. The Bertz CT molecular complexity index is 380. The van der Waals surface area contributed by atoms with E-state index in [2.05, 4.69) is 13.0 Å². The predicted octanol–water partition coefficient (Wildman–Crippen LogP) is 1.99. The van der Waals surface area contributed by atoms with Gasteiger partial charge in [0.25, 0.3) is 0 Å². The van der Waals surface area contributed by atoms with Crippen LogP contribution in [0.15, 0.2) is 18.2 Å². The Labute approximate surface area is 83.5 Å². The third kappa shape index (κ3) is 1.07. The Morgan fingerprint density at radius 2 is 2.21 bits per heavy atom. The highest BCUT2D eigenvalue weighted by molar-refractivity contribution is 5.49. The van der Waals surface area contributed by atoms with Crippen LogP contribution in [0.3, 0.4) is 0 Å². The average molecular weight is 190 g/mol. The smallest absolute Gasteiger partial charge is 0.129 e. The Morgan fingerprint density at radius 3 is 2.93 bits per heavy atom. The fourth-order valence-electron chi connectivity index (χ4n) is 2.19. The summed E-state index contributed by atoms with van der Waals surface area (Å²) < 4.78 is 5.74. The van der Waals surface area contributed by atoms with E-state index < -0.39 is 5.60 Å². The van der Waals surface area contributed by atoms with Crippen LogP contribution in [-0.4, -0.2) is 11.2 Å². The van der Waals surface area contributed by atoms with Gasteiger partial charge < -0.3 is 9.84 Å². The maximum absolute atomic E-state index is 10.1. The van der Waals surface area contributed by atoms with E-state index in [-0.39, 0.29) is 6.10 Å². The molecule has 1 N–H and O–H groups in total. The third-order valence-corrected chi connectivity index (χ3v) is 3.15. The van der Waals surface area contributed by atoms with Gasteiger partial charge in [-0.2, -0.15) is 0 Å². The molecule has 2 nitrogen and oxygen atoms in total. The molecule has 1 atom stereocenters. The molecular formula is C12H14O2. The summed E-state index contributed by atoms with van der Waals surface area (Å²) in [6.45, 7) is 2.07. The van der Waals surface area contributed by atoms with Crippen LogP contribution in [0.4, 0.5) is 0 Å². The highest BCUT2D eigenvalue weighted by Crippen LogP contribution is 2.50. The molecule has 1 aromatic carbocycles. The maximum atomic E-state index is 10.1. The first-order chi connectivity index (χ1) is 6.69. The molecule has 2 aliphatic rings. The van der Waals surface area contributed by atoms with E-state index in [4.69, 9.17) is 4.74 Å². The summed E-state index contributed by atoms with van der Waals surface area (Å²) in [4.78, 5) is 0. The Balaban J connectivity index is 2.10. The number of rotatable bonds is 1. The first-order valence-corrected chi connectivity index (χ1v) is 5.20. The zero-order valence-corrected chi connectivity index (χ0v) is 8.29. The summed E-state index contributed by atoms with van der Waals surface area (Å²) in [5.41, 5.74) is 1.67. The topological polar surface area (TPSA) is 29.5 Å². The number of ether oxygens (including phenoxy) is 1. The number of fused-ring (bicyclic) bond motifs is 1. The number of hydrogen-bond donors (Lipinski definition) is 1. The first kappa shape index (κ1) is 8.30. The lowest BCUT2D eigenvalue weighted by atomic mass is 10.0. The van der Waals surface area contributed by atoms with Gasteiger partial charge in [-0.05, 0) is 25.3 Å². The van der Waals surface area contributed by atoms with Gasteiger partial charge in [0.1, 0.15) is 11.9 Å². The summed E-state index contributed by atoms with van der Waals surface area (Å²) in [6, 6.07) is 6.10. The van der Waals surface area contributed by atoms with Gasteiger partial charge in [0.05, 0.1) is 5.60 Å². The van der Waals surface area contributed by atoms with Crippen molar-refractivity contribution >= 4 is 0 Å². The molecule has 1 saturated carbocycles. The Kier molecular flexibility index (Phi) is 1.49. The summed E-state index contributed by atoms with van der Waals surface area (Å²) in [6.07, 6.45) is 2.98. The Morgan fingerprint density at radius 1 is 1.43 bits per heavy atom. The zero-order valence-electron chi connectivity index (χ0n) is 8.29. The van der Waals surface area contributed by atoms with Crippen LogP contribution in [0.2, 0.25) is 0 Å². The third-order valence-electron chi connectivity index (χ3n) is 3.15. The van der Waals surface area contributed by atoms with Gasteiger partial charge in [-0.25, -0.2) is 0 Å². The van der Waals surface area contributed by atoms with Gasteiger partial charge in [0, 0.05) is 12.0 Å². The van der Waals surface area contributed by atoms with Crippen molar-refractivity contribution in [2.75, 3.05) is 0 Å². The van der Waals surface area contributed by atoms with E-state index in [9.17, 15) is 5.11 Å². The molecule has 0 aromatic heterocycles. The monoisotopic (exact) mass is 190 g/mol. The average Bonchev–Trinajstić information content (AvgIpc) is 2.78. The molecule has 0 amide bonds. The lowest BCUT2D eigenvalue weighted by Crippen LogP contribution is -2.09. The van der Waals surface area contributed by atoms with Gasteiger partial charge in [-0.3, -0.25) is 0 Å². The van der Waals surface area contributed by atoms with Crippen LogP contribution in [-0.2, 0) is 12.0 Å². The van der Waals surface area contributed by atoms with Crippen LogP contribution in [0.25, 0.3) is 0 Å². The molecule has 0 radical (unpaired) electrons. The van der Waals surface area contributed by atoms with Crippen molar-refractivity contribution < 1.29 is 9.84 Å². The van der Waals surface area contributed by atoms with Gasteiger partial charge in [-0.1, -0.05) is 18.2 Å². The van der Waals surface area contributed by atoms with Crippen molar-refractivity contribution in [1.29, 1.82) is 0 Å². The van der Waals surface area contributed by atoms with Crippen molar-refractivity contribution in [3.8, 4) is 5.75 Å². The number of benzene rings is 1. The van der Waals surface area contributed by atoms with Crippen LogP contribution in [0, 0.1) is 0 Å². The largest absolute Gasteiger partial charge is 0.490 e. The second-order valence-electron chi connectivity index (χ2n) is 4.46. The highest BCUT2D eigenvalue weighted by atomic mass is 16.5. The molecule has 1 aliphatic carbocycles. The standard InChI is InChI=1S/C12H14O2/c1-8-7-9-3-2-4-10(11(9)14-8)12(13)5-6-12/h2-4,8,13H,5-7H2,1H3. The molecule has 1 fully saturated rings. The summed E-state index contributed by atoms with van der Waals surface area (Å²) >= 11 is 0. The molecule has 1 heterocycles. The molecule has 0 bridgehead atoms. The van der Waals surface area contributed by atoms with Crippen molar-refractivity contribution in [2.24, 2.45) is 0 Å². The molecule has 0 spiro atoms. The van der Waals surface area contributed by atoms with Crippen molar-refractivity contribution in [3.63, 3.8) is 0 Å². The highest BCUT2D eigenvalue weighted by Gasteiger charge is 2.45. The van der Waals surface area contributed by atoms with E-state index in [0.29, 0.717) is 0 Å². The normalized spacial score (nSPS) is 26.9. The molecule has 14 heavy (non-hydrogen) atoms. The lowest BCUT2D eigenvalue weighted by Gasteiger charge is -2.13. The van der Waals surface area contributed by atoms with Gasteiger partial charge >= 0.3 is 0 Å². The molecule has 3 rings (SSSR count). The number of aliphatic hydroxyl groups is 1. The van der Waals surface area contributed by atoms with Crippen LogP contribution >= 0.6 is 0 Å². The lowest BCUT2D eigenvalue weighted by molar-refractivity contribution is 0.144. The van der Waals surface area contributed by atoms with E-state index in [1.54, 1.807) is 0 Å². The van der Waals surface area contributed by atoms with Gasteiger partial charge in [0.15, 0.2) is 0 Å². The number of hydrogen-bond acceptors (Lipinski definition) is 2. The number of para-hydroxylation sites is 1. The minimum absolute atomic E-state index is 0.258. The van der Waals surface area contributed by atoms with Crippen LogP contribution in [0.5, 0.6) is 5.75 Å². The minimum Gasteiger partial charge on any atom is -0.490 e. The molecule has 1 unspecified atom stereocenters. The van der Waals surface area contributed by atoms with E-state index in [1.165, 1.54) is 5.56 Å². The second kappa shape index (κ2) is 2.51. The van der Waals surface area contributed by atoms with Crippen LogP contribution in [0.1, 0.15) is 30.9 Å². The van der Waals surface area contributed by atoms with E-state index >= 15 is 0 Å². The second-order valence-corrected chi connectivity index (χ2v) is 4.46. The quantitative estimate of drug-likeness (QED) is 0.733. The maximum Gasteiger partial charge on any atom is 0.129 e. The van der Waals surface area contributed by atoms with E-state index in [1.807, 2.05) is 12.1 Å². The summed E-state index contributed by atoms with van der Waals surface area (Å²) in [5, 5.41) is 10.1. The molecular weight excluding hydrogens is 176 g/mol. The SMILES string of the molecule is CC1Cc2cccc(C3(O)CC3)c2O1. The fraction of sp³-hybridized carbons (Fsp3) is 0.500.